The molecule has 0 heterocycles. The molecule has 0 spiro atoms. The minimum Gasteiger partial charge on any atom is -0.354 e. The molecule has 202 valence electrons. The monoisotopic (exact) mass is 603 g/mol. The average molecular weight is 605 g/mol. The van der Waals surface area contributed by atoms with E-state index in [0.717, 1.165) is 50.6 Å². The molecule has 3 aromatic carbocycles. The molecule has 1 atom stereocenters. The average Bonchev–Trinajstić information content (AvgIpc) is 2.89. The molecule has 0 aliphatic heterocycles. The molecule has 3 aromatic rings. The van der Waals surface area contributed by atoms with Crippen LogP contribution < -0.4 is 9.62 Å². The van der Waals surface area contributed by atoms with E-state index >= 15 is 0 Å². The second kappa shape index (κ2) is 13.0. The smallest absolute Gasteiger partial charge is 0.264 e. The number of amides is 2. The largest absolute Gasteiger partial charge is 0.354 e. The third-order valence-corrected chi connectivity index (χ3v) is 8.24. The maximum absolute atomic E-state index is 13.8. The highest BCUT2D eigenvalue weighted by molar-refractivity contribution is 9.10. The number of sulfonamides is 1. The van der Waals surface area contributed by atoms with E-state index in [9.17, 15) is 22.4 Å². The maximum atomic E-state index is 13.8. The molecule has 0 aliphatic rings. The van der Waals surface area contributed by atoms with E-state index in [1.807, 2.05) is 38.1 Å². The van der Waals surface area contributed by atoms with Gasteiger partial charge in [-0.2, -0.15) is 0 Å². The van der Waals surface area contributed by atoms with Crippen molar-refractivity contribution in [3.63, 3.8) is 0 Å². The van der Waals surface area contributed by atoms with E-state index in [0.29, 0.717) is 6.54 Å². The lowest BCUT2D eigenvalue weighted by atomic mass is 10.1. The van der Waals surface area contributed by atoms with Gasteiger partial charge < -0.3 is 10.2 Å². The van der Waals surface area contributed by atoms with Gasteiger partial charge in [-0.25, -0.2) is 12.8 Å². The van der Waals surface area contributed by atoms with E-state index < -0.39 is 34.3 Å². The lowest BCUT2D eigenvalue weighted by Gasteiger charge is -2.32. The zero-order chi connectivity index (χ0) is 27.9. The summed E-state index contributed by atoms with van der Waals surface area (Å²) in [7, 11) is -4.24. The van der Waals surface area contributed by atoms with Gasteiger partial charge in [0.1, 0.15) is 18.4 Å². The van der Waals surface area contributed by atoms with Crippen molar-refractivity contribution in [2.75, 3.05) is 17.4 Å². The van der Waals surface area contributed by atoms with Crippen molar-refractivity contribution in [2.45, 2.75) is 44.7 Å². The highest BCUT2D eigenvalue weighted by atomic mass is 79.9. The van der Waals surface area contributed by atoms with Gasteiger partial charge in [-0.05, 0) is 74.4 Å². The van der Waals surface area contributed by atoms with Crippen molar-refractivity contribution in [1.82, 2.24) is 10.2 Å². The molecule has 10 heteroatoms. The summed E-state index contributed by atoms with van der Waals surface area (Å²) in [6, 6.07) is 17.6. The number of hydrogen-bond donors (Lipinski definition) is 1. The van der Waals surface area contributed by atoms with Crippen molar-refractivity contribution < 1.29 is 22.4 Å². The number of rotatable bonds is 11. The van der Waals surface area contributed by atoms with E-state index in [4.69, 9.17) is 0 Å². The molecule has 0 saturated carbocycles. The van der Waals surface area contributed by atoms with E-state index in [1.54, 1.807) is 31.2 Å². The fraction of sp³-hybridized carbons (Fsp3) is 0.286. The van der Waals surface area contributed by atoms with Gasteiger partial charge in [0.05, 0.1) is 10.6 Å². The van der Waals surface area contributed by atoms with Crippen LogP contribution in [0.1, 0.15) is 31.4 Å². The Balaban J connectivity index is 2.01. The molecule has 1 N–H and O–H groups in total. The first-order valence-corrected chi connectivity index (χ1v) is 14.4. The number of hydrogen-bond acceptors (Lipinski definition) is 4. The first-order chi connectivity index (χ1) is 18.0. The normalized spacial score (nSPS) is 12.0. The second-order valence-corrected chi connectivity index (χ2v) is 11.7. The van der Waals surface area contributed by atoms with Gasteiger partial charge in [0.2, 0.25) is 11.8 Å². The molecule has 2 amide bonds. The fourth-order valence-electron chi connectivity index (χ4n) is 3.78. The summed E-state index contributed by atoms with van der Waals surface area (Å²) in [6.45, 7) is 5.40. The molecular formula is C28H31BrFN3O4S. The summed E-state index contributed by atoms with van der Waals surface area (Å²) in [6.07, 6.45) is 0.731. The molecule has 0 saturated heterocycles. The van der Waals surface area contributed by atoms with E-state index in [2.05, 4.69) is 21.2 Å². The van der Waals surface area contributed by atoms with Crippen LogP contribution in [0.3, 0.4) is 0 Å². The topological polar surface area (TPSA) is 86.8 Å². The van der Waals surface area contributed by atoms with Crippen molar-refractivity contribution in [1.29, 1.82) is 0 Å². The number of anilines is 1. The Morgan fingerprint density at radius 2 is 1.68 bits per heavy atom. The Hall–Kier alpha value is -3.24. The molecule has 0 aromatic heterocycles. The minimum absolute atomic E-state index is 0.0946. The summed E-state index contributed by atoms with van der Waals surface area (Å²) in [5.41, 5.74) is 1.96. The zero-order valence-corrected chi connectivity index (χ0v) is 23.9. The summed E-state index contributed by atoms with van der Waals surface area (Å²) in [5.74, 6) is -1.47. The Morgan fingerprint density at radius 3 is 2.29 bits per heavy atom. The Bertz CT molecular complexity index is 1370. The van der Waals surface area contributed by atoms with Gasteiger partial charge in [-0.3, -0.25) is 13.9 Å². The molecule has 0 radical (unpaired) electrons. The van der Waals surface area contributed by atoms with Crippen LogP contribution in [0, 0.1) is 12.7 Å². The Labute approximate surface area is 231 Å². The van der Waals surface area contributed by atoms with Crippen LogP contribution in [0.15, 0.2) is 82.2 Å². The van der Waals surface area contributed by atoms with Crippen molar-refractivity contribution in [3.8, 4) is 0 Å². The van der Waals surface area contributed by atoms with Crippen LogP contribution in [0.4, 0.5) is 10.1 Å². The minimum atomic E-state index is -4.24. The van der Waals surface area contributed by atoms with Crippen molar-refractivity contribution in [2.24, 2.45) is 0 Å². The predicted octanol–water partition coefficient (Wildman–Crippen LogP) is 5.04. The standard InChI is InChI=1S/C28H31BrFN3O4S/c1-4-16-31-28(35)21(3)32(18-22-6-5-7-23(29)17-22)27(34)19-33(25-12-8-20(2)9-13-25)38(36,37)26-14-10-24(30)11-15-26/h5-15,17,21H,4,16,18-19H2,1-3H3,(H,31,35). The van der Waals surface area contributed by atoms with E-state index in [1.165, 1.54) is 4.90 Å². The van der Waals surface area contributed by atoms with Gasteiger partial charge in [0.15, 0.2) is 0 Å². The Kier molecular flexibility index (Phi) is 10.0. The third kappa shape index (κ3) is 7.41. The highest BCUT2D eigenvalue weighted by Crippen LogP contribution is 2.25. The summed E-state index contributed by atoms with van der Waals surface area (Å²) < 4.78 is 42.7. The van der Waals surface area contributed by atoms with Crippen LogP contribution in [0.2, 0.25) is 0 Å². The quantitative estimate of drug-likeness (QED) is 0.333. The van der Waals surface area contributed by atoms with Gasteiger partial charge in [0.25, 0.3) is 10.0 Å². The molecule has 7 nitrogen and oxygen atoms in total. The van der Waals surface area contributed by atoms with E-state index in [-0.39, 0.29) is 23.0 Å². The Morgan fingerprint density at radius 1 is 1.03 bits per heavy atom. The molecule has 0 bridgehead atoms. The third-order valence-electron chi connectivity index (χ3n) is 5.96. The van der Waals surface area contributed by atoms with Crippen LogP contribution in [0.5, 0.6) is 0 Å². The molecule has 0 fully saturated rings. The van der Waals surface area contributed by atoms with Crippen LogP contribution in [-0.4, -0.2) is 44.3 Å². The second-order valence-electron chi connectivity index (χ2n) is 8.92. The lowest BCUT2D eigenvalue weighted by Crippen LogP contribution is -2.51. The number of carbonyl (C=O) groups excluding carboxylic acids is 2. The molecular weight excluding hydrogens is 573 g/mol. The number of benzene rings is 3. The summed E-state index contributed by atoms with van der Waals surface area (Å²) >= 11 is 3.43. The molecule has 1 unspecified atom stereocenters. The molecule has 38 heavy (non-hydrogen) atoms. The highest BCUT2D eigenvalue weighted by Gasteiger charge is 2.32. The number of aryl methyl sites for hydroxylation is 1. The number of halogens is 2. The van der Waals surface area contributed by atoms with Crippen LogP contribution in [-0.2, 0) is 26.2 Å². The number of nitrogens with one attached hydrogen (secondary N) is 1. The van der Waals surface area contributed by atoms with Gasteiger partial charge in [0, 0.05) is 17.6 Å². The van der Waals surface area contributed by atoms with Gasteiger partial charge in [-0.15, -0.1) is 0 Å². The van der Waals surface area contributed by atoms with Crippen molar-refractivity contribution >= 4 is 43.5 Å². The molecule has 0 aliphatic carbocycles. The lowest BCUT2D eigenvalue weighted by molar-refractivity contribution is -0.139. The fourth-order valence-corrected chi connectivity index (χ4v) is 5.64. The first-order valence-electron chi connectivity index (χ1n) is 12.2. The first kappa shape index (κ1) is 29.3. The number of nitrogens with zero attached hydrogens (tertiary/aromatic N) is 2. The summed E-state index contributed by atoms with van der Waals surface area (Å²) in [4.78, 5) is 27.9. The zero-order valence-electron chi connectivity index (χ0n) is 21.5. The molecule has 3 rings (SSSR count). The number of carbonyl (C=O) groups is 2. The predicted molar refractivity (Wildman–Crippen MR) is 150 cm³/mol. The van der Waals surface area contributed by atoms with Crippen LogP contribution in [0.25, 0.3) is 0 Å². The van der Waals surface area contributed by atoms with Gasteiger partial charge >= 0.3 is 0 Å². The van der Waals surface area contributed by atoms with Crippen molar-refractivity contribution in [3.05, 3.63) is 94.2 Å². The van der Waals surface area contributed by atoms with Crippen LogP contribution >= 0.6 is 15.9 Å². The summed E-state index contributed by atoms with van der Waals surface area (Å²) in [5, 5.41) is 2.81. The van der Waals surface area contributed by atoms with Gasteiger partial charge in [-0.1, -0.05) is 52.7 Å². The SMILES string of the molecule is CCCNC(=O)C(C)N(Cc1cccc(Br)c1)C(=O)CN(c1ccc(C)cc1)S(=O)(=O)c1ccc(F)cc1. The maximum Gasteiger partial charge on any atom is 0.264 e.